The lowest BCUT2D eigenvalue weighted by Gasteiger charge is -2.27. The van der Waals surface area contributed by atoms with E-state index in [0.717, 1.165) is 69.8 Å². The molecule has 3 aliphatic rings. The molecule has 220 valence electrons. The van der Waals surface area contributed by atoms with Crippen LogP contribution in [0, 0.1) is 18.8 Å². The Morgan fingerprint density at radius 3 is 2.65 bits per heavy atom. The quantitative estimate of drug-likeness (QED) is 0.311. The minimum atomic E-state index is -0.125. The number of nitrogens with one attached hydrogen (secondary N) is 1. The number of pyridine rings is 2. The van der Waals surface area contributed by atoms with Crippen molar-refractivity contribution in [2.45, 2.75) is 51.2 Å². The van der Waals surface area contributed by atoms with E-state index in [0.29, 0.717) is 29.7 Å². The molecular weight excluding hydrogens is 542 g/mol. The van der Waals surface area contributed by atoms with Crippen molar-refractivity contribution < 1.29 is 9.53 Å². The molecule has 1 saturated heterocycles. The Morgan fingerprint density at radius 1 is 1.12 bits per heavy atom. The van der Waals surface area contributed by atoms with Crippen LogP contribution in [0.25, 0.3) is 44.8 Å². The van der Waals surface area contributed by atoms with Gasteiger partial charge in [-0.2, -0.15) is 0 Å². The van der Waals surface area contributed by atoms with E-state index in [1.54, 1.807) is 19.4 Å². The second-order valence-corrected chi connectivity index (χ2v) is 12.6. The van der Waals surface area contributed by atoms with Crippen molar-refractivity contribution in [3.63, 3.8) is 0 Å². The van der Waals surface area contributed by atoms with Crippen molar-refractivity contribution in [3.05, 3.63) is 64.1 Å². The van der Waals surface area contributed by atoms with Gasteiger partial charge in [-0.3, -0.25) is 9.59 Å². The first-order valence-corrected chi connectivity index (χ1v) is 15.1. The van der Waals surface area contributed by atoms with Gasteiger partial charge in [0.25, 0.3) is 5.91 Å². The lowest BCUT2D eigenvalue weighted by atomic mass is 10.1. The SMILES string of the molecule is COc1cc(C(=O)N2CC3CCC2[C@@H]3N)cc2nc(-c3cc4ccc(-c5c[nH]c(=O)cc5C)nc4n3CC3CC3)n(C)c12. The molecule has 2 aliphatic carbocycles. The summed E-state index contributed by atoms with van der Waals surface area (Å²) in [6.07, 6.45) is 6.19. The zero-order valence-corrected chi connectivity index (χ0v) is 24.6. The third-order valence-corrected chi connectivity index (χ3v) is 9.83. The molecule has 43 heavy (non-hydrogen) atoms. The number of hydrogen-bond acceptors (Lipinski definition) is 6. The van der Waals surface area contributed by atoms with Crippen LogP contribution in [0.5, 0.6) is 5.75 Å². The number of aromatic amines is 1. The Hall–Kier alpha value is -4.44. The number of amides is 1. The smallest absolute Gasteiger partial charge is 0.254 e. The minimum absolute atomic E-state index is 0.00724. The van der Waals surface area contributed by atoms with Crippen molar-refractivity contribution in [2.24, 2.45) is 24.6 Å². The van der Waals surface area contributed by atoms with Crippen molar-refractivity contribution in [3.8, 4) is 28.5 Å². The molecule has 8 rings (SSSR count). The molecular formula is C33H35N7O3. The predicted molar refractivity (Wildman–Crippen MR) is 165 cm³/mol. The molecule has 1 aromatic carbocycles. The van der Waals surface area contributed by atoms with Gasteiger partial charge in [-0.1, -0.05) is 0 Å². The van der Waals surface area contributed by atoms with Crippen LogP contribution in [0.3, 0.4) is 0 Å². The average molecular weight is 578 g/mol. The number of nitrogens with two attached hydrogens (primary N) is 1. The molecule has 5 heterocycles. The fourth-order valence-corrected chi connectivity index (χ4v) is 7.32. The van der Waals surface area contributed by atoms with Gasteiger partial charge in [-0.05, 0) is 80.3 Å². The van der Waals surface area contributed by atoms with Crippen molar-refractivity contribution >= 4 is 28.0 Å². The van der Waals surface area contributed by atoms with E-state index >= 15 is 0 Å². The fourth-order valence-electron chi connectivity index (χ4n) is 7.32. The maximum atomic E-state index is 13.7. The molecule has 5 aromatic rings. The Balaban J connectivity index is 1.25. The number of piperidine rings is 1. The summed E-state index contributed by atoms with van der Waals surface area (Å²) >= 11 is 0. The number of aryl methyl sites for hydroxylation is 2. The summed E-state index contributed by atoms with van der Waals surface area (Å²) in [5.74, 6) is 2.39. The maximum Gasteiger partial charge on any atom is 0.254 e. The van der Waals surface area contributed by atoms with E-state index in [-0.39, 0.29) is 23.6 Å². The number of benzene rings is 1. The number of likely N-dealkylation sites (tertiary alicyclic amines) is 1. The summed E-state index contributed by atoms with van der Waals surface area (Å²) in [6, 6.07) is 11.7. The van der Waals surface area contributed by atoms with Crippen LogP contribution in [0.4, 0.5) is 0 Å². The van der Waals surface area contributed by atoms with Crippen LogP contribution < -0.4 is 16.0 Å². The molecule has 2 saturated carbocycles. The van der Waals surface area contributed by atoms with Gasteiger partial charge in [0.05, 0.1) is 24.0 Å². The number of imidazole rings is 1. The third-order valence-electron chi connectivity index (χ3n) is 9.83. The molecule has 4 aromatic heterocycles. The van der Waals surface area contributed by atoms with Crippen LogP contribution >= 0.6 is 0 Å². The highest BCUT2D eigenvalue weighted by Crippen LogP contribution is 2.40. The van der Waals surface area contributed by atoms with Gasteiger partial charge in [-0.15, -0.1) is 0 Å². The molecule has 2 unspecified atom stereocenters. The molecule has 3 N–H and O–H groups in total. The average Bonchev–Trinajstić information content (AvgIpc) is 3.41. The summed E-state index contributed by atoms with van der Waals surface area (Å²) < 4.78 is 10.2. The van der Waals surface area contributed by atoms with Crippen LogP contribution in [-0.2, 0) is 13.6 Å². The summed E-state index contributed by atoms with van der Waals surface area (Å²) in [6.45, 7) is 3.49. The number of rotatable bonds is 6. The standard InChI is InChI=1S/C33H35N7O3/c1-17-10-28(41)35-14-22(17)23-8-6-19-12-26(39(31(19)36-23)15-18-4-5-18)32-37-24-11-21(13-27(43-3)30(24)38(32)2)33(42)40-16-20-7-9-25(40)29(20)34/h6,8,10-14,18,20,25,29H,4-5,7,9,15-16,34H2,1-3H3,(H,35,41)/t20?,25?,29-/m1/s1. The number of aromatic nitrogens is 5. The van der Waals surface area contributed by atoms with E-state index in [1.165, 1.54) is 12.8 Å². The fraction of sp³-hybridized carbons (Fsp3) is 0.394. The van der Waals surface area contributed by atoms with Crippen LogP contribution in [0.1, 0.15) is 41.6 Å². The van der Waals surface area contributed by atoms with E-state index in [2.05, 4.69) is 26.3 Å². The first-order chi connectivity index (χ1) is 20.8. The Labute approximate surface area is 248 Å². The molecule has 10 nitrogen and oxygen atoms in total. The topological polar surface area (TPSA) is 124 Å². The maximum absolute atomic E-state index is 13.7. The predicted octanol–water partition coefficient (Wildman–Crippen LogP) is 4.23. The van der Waals surface area contributed by atoms with Gasteiger partial charge in [0.1, 0.15) is 16.9 Å². The zero-order chi connectivity index (χ0) is 29.6. The van der Waals surface area contributed by atoms with Gasteiger partial charge in [0, 0.05) is 61.0 Å². The summed E-state index contributed by atoms with van der Waals surface area (Å²) in [5, 5.41) is 1.02. The highest BCUT2D eigenvalue weighted by molar-refractivity contribution is 6.00. The summed E-state index contributed by atoms with van der Waals surface area (Å²) in [5.41, 5.74) is 12.9. The lowest BCUT2D eigenvalue weighted by molar-refractivity contribution is 0.0700. The normalized spacial score (nSPS) is 21.4. The van der Waals surface area contributed by atoms with E-state index in [4.69, 9.17) is 20.4 Å². The second kappa shape index (κ2) is 9.54. The summed E-state index contributed by atoms with van der Waals surface area (Å²) in [4.78, 5) is 40.5. The molecule has 0 spiro atoms. The Bertz CT molecular complexity index is 2000. The number of methoxy groups -OCH3 is 1. The monoisotopic (exact) mass is 577 g/mol. The number of ether oxygens (including phenoxy) is 1. The van der Waals surface area contributed by atoms with E-state index < -0.39 is 0 Å². The molecule has 1 amide bonds. The van der Waals surface area contributed by atoms with Crippen LogP contribution in [-0.4, -0.2) is 60.6 Å². The van der Waals surface area contributed by atoms with Gasteiger partial charge < -0.3 is 29.5 Å². The van der Waals surface area contributed by atoms with Crippen LogP contribution in [0.2, 0.25) is 0 Å². The van der Waals surface area contributed by atoms with Crippen molar-refractivity contribution in [1.29, 1.82) is 0 Å². The number of hydrogen-bond donors (Lipinski definition) is 2. The number of carbonyl (C=O) groups is 1. The van der Waals surface area contributed by atoms with Gasteiger partial charge in [-0.25, -0.2) is 9.97 Å². The highest BCUT2D eigenvalue weighted by Gasteiger charge is 2.47. The van der Waals surface area contributed by atoms with E-state index in [1.807, 2.05) is 37.1 Å². The summed E-state index contributed by atoms with van der Waals surface area (Å²) in [7, 11) is 3.63. The van der Waals surface area contributed by atoms with Gasteiger partial charge in [0.15, 0.2) is 5.82 Å². The largest absolute Gasteiger partial charge is 0.494 e. The molecule has 0 radical (unpaired) electrons. The van der Waals surface area contributed by atoms with Crippen molar-refractivity contribution in [2.75, 3.05) is 13.7 Å². The van der Waals surface area contributed by atoms with Gasteiger partial charge in [0.2, 0.25) is 5.56 Å². The molecule has 2 bridgehead atoms. The molecule has 3 fully saturated rings. The van der Waals surface area contributed by atoms with Gasteiger partial charge >= 0.3 is 0 Å². The number of nitrogens with zero attached hydrogens (tertiary/aromatic N) is 5. The third kappa shape index (κ3) is 4.11. The Kier molecular flexibility index (Phi) is 5.81. The molecule has 3 atom stereocenters. The van der Waals surface area contributed by atoms with Crippen molar-refractivity contribution in [1.82, 2.24) is 29.0 Å². The van der Waals surface area contributed by atoms with Crippen LogP contribution in [0.15, 0.2) is 47.4 Å². The minimum Gasteiger partial charge on any atom is -0.494 e. The number of fused-ring (bicyclic) bond motifs is 4. The highest BCUT2D eigenvalue weighted by atomic mass is 16.5. The van der Waals surface area contributed by atoms with E-state index in [9.17, 15) is 9.59 Å². The lowest BCUT2D eigenvalue weighted by Crippen LogP contribution is -2.41. The zero-order valence-electron chi connectivity index (χ0n) is 24.6. The number of carbonyl (C=O) groups excluding carboxylic acids is 1. The number of H-pyrrole nitrogens is 1. The Morgan fingerprint density at radius 2 is 1.95 bits per heavy atom. The molecule has 10 heteroatoms. The molecule has 1 aliphatic heterocycles. The second-order valence-electron chi connectivity index (χ2n) is 12.6. The first-order valence-electron chi connectivity index (χ1n) is 15.1. The first kappa shape index (κ1) is 26.2.